The van der Waals surface area contributed by atoms with Gasteiger partial charge in [0.25, 0.3) is 0 Å². The Morgan fingerprint density at radius 1 is 1.09 bits per heavy atom. The number of hydrogen-bond donors (Lipinski definition) is 0. The molecule has 0 saturated carbocycles. The van der Waals surface area contributed by atoms with E-state index >= 15 is 0 Å². The van der Waals surface area contributed by atoms with Crippen LogP contribution in [0.2, 0.25) is 0 Å². The van der Waals surface area contributed by atoms with Gasteiger partial charge in [0.05, 0.1) is 0 Å². The molecule has 2 rings (SSSR count). The van der Waals surface area contributed by atoms with Crippen LogP contribution in [0.5, 0.6) is 5.75 Å². The van der Waals surface area contributed by atoms with Crippen LogP contribution >= 0.6 is 0 Å². The van der Waals surface area contributed by atoms with Gasteiger partial charge in [-0.3, -0.25) is 0 Å². The topological polar surface area (TPSA) is 9.23 Å². The van der Waals surface area contributed by atoms with Crippen LogP contribution in [0, 0.1) is 0 Å². The van der Waals surface area contributed by atoms with Crippen LogP contribution in [-0.2, 0) is 6.42 Å². The first-order chi connectivity index (χ1) is 10.8. The molecule has 1 unspecified atom stereocenters. The van der Waals surface area contributed by atoms with Crippen molar-refractivity contribution in [3.8, 4) is 5.75 Å². The molecular formula is C21H28O. The summed E-state index contributed by atoms with van der Waals surface area (Å²) < 4.78 is 6.33. The van der Waals surface area contributed by atoms with Gasteiger partial charge >= 0.3 is 0 Å². The minimum Gasteiger partial charge on any atom is -0.479 e. The molecule has 0 fully saturated rings. The molecule has 0 N–H and O–H groups in total. The van der Waals surface area contributed by atoms with E-state index in [1.807, 2.05) is 0 Å². The molecule has 1 aromatic rings. The van der Waals surface area contributed by atoms with Gasteiger partial charge in [-0.25, -0.2) is 0 Å². The monoisotopic (exact) mass is 296 g/mol. The maximum Gasteiger partial charge on any atom is 0.149 e. The predicted octanol–water partition coefficient (Wildman–Crippen LogP) is 6.02. The van der Waals surface area contributed by atoms with Crippen molar-refractivity contribution in [2.75, 3.05) is 0 Å². The zero-order valence-electron chi connectivity index (χ0n) is 13.9. The largest absolute Gasteiger partial charge is 0.479 e. The van der Waals surface area contributed by atoms with E-state index in [4.69, 9.17) is 4.74 Å². The first-order valence-corrected chi connectivity index (χ1v) is 8.58. The third kappa shape index (κ3) is 4.91. The lowest BCUT2D eigenvalue weighted by Gasteiger charge is -2.29. The lowest BCUT2D eigenvalue weighted by atomic mass is 9.93. The molecule has 1 aromatic carbocycles. The van der Waals surface area contributed by atoms with Gasteiger partial charge in [-0.2, -0.15) is 0 Å². The van der Waals surface area contributed by atoms with Crippen LogP contribution < -0.4 is 4.74 Å². The summed E-state index contributed by atoms with van der Waals surface area (Å²) in [6.07, 6.45) is 19.8. The van der Waals surface area contributed by atoms with E-state index < -0.39 is 0 Å². The molecule has 0 aromatic heterocycles. The Balaban J connectivity index is 2.07. The number of benzene rings is 1. The second-order valence-electron chi connectivity index (χ2n) is 5.99. The van der Waals surface area contributed by atoms with Gasteiger partial charge in [-0.1, -0.05) is 69.5 Å². The number of allylic oxidation sites excluding steroid dienone is 3. The highest BCUT2D eigenvalue weighted by molar-refractivity contribution is 5.32. The summed E-state index contributed by atoms with van der Waals surface area (Å²) in [7, 11) is 0. The van der Waals surface area contributed by atoms with Crippen molar-refractivity contribution in [2.45, 2.75) is 58.0 Å². The minimum atomic E-state index is -0.325. The van der Waals surface area contributed by atoms with Crippen molar-refractivity contribution in [1.29, 1.82) is 0 Å². The highest BCUT2D eigenvalue weighted by Gasteiger charge is 2.26. The zero-order chi connectivity index (χ0) is 15.7. The minimum absolute atomic E-state index is 0.325. The Hall–Kier alpha value is -1.76. The second-order valence-corrected chi connectivity index (χ2v) is 5.99. The summed E-state index contributed by atoms with van der Waals surface area (Å²) in [5, 5.41) is 0. The van der Waals surface area contributed by atoms with E-state index in [9.17, 15) is 0 Å². The van der Waals surface area contributed by atoms with Crippen molar-refractivity contribution < 1.29 is 4.74 Å². The summed E-state index contributed by atoms with van der Waals surface area (Å²) in [5.41, 5.74) is 1.05. The van der Waals surface area contributed by atoms with Gasteiger partial charge in [-0.05, 0) is 42.7 Å². The van der Waals surface area contributed by atoms with E-state index in [2.05, 4.69) is 74.6 Å². The number of hydrogen-bond acceptors (Lipinski definition) is 1. The zero-order valence-corrected chi connectivity index (χ0v) is 13.9. The van der Waals surface area contributed by atoms with Crippen molar-refractivity contribution >= 4 is 0 Å². The van der Waals surface area contributed by atoms with Gasteiger partial charge in [-0.15, -0.1) is 0 Å². The van der Waals surface area contributed by atoms with Crippen LogP contribution in [-0.4, -0.2) is 5.60 Å². The molecular weight excluding hydrogens is 268 g/mol. The molecule has 1 nitrogen and oxygen atoms in total. The van der Waals surface area contributed by atoms with Crippen molar-refractivity contribution in [3.05, 3.63) is 66.3 Å². The number of ether oxygens (including phenoxy) is 1. The van der Waals surface area contributed by atoms with Crippen molar-refractivity contribution in [2.24, 2.45) is 0 Å². The van der Waals surface area contributed by atoms with Gasteiger partial charge in [0.2, 0.25) is 0 Å². The van der Waals surface area contributed by atoms with Crippen molar-refractivity contribution in [3.63, 3.8) is 0 Å². The summed E-state index contributed by atoms with van der Waals surface area (Å²) >= 11 is 0. The van der Waals surface area contributed by atoms with Crippen LogP contribution in [0.3, 0.4) is 0 Å². The lowest BCUT2D eigenvalue weighted by molar-refractivity contribution is 0.173. The summed E-state index contributed by atoms with van der Waals surface area (Å²) in [6.45, 7) is 4.43. The molecule has 118 valence electrons. The fourth-order valence-corrected chi connectivity index (χ4v) is 2.69. The summed E-state index contributed by atoms with van der Waals surface area (Å²) in [4.78, 5) is 0. The lowest BCUT2D eigenvalue weighted by Crippen LogP contribution is -2.31. The first-order valence-electron chi connectivity index (χ1n) is 8.58. The number of unbranched alkanes of at least 4 members (excludes halogenated alkanes) is 2. The molecule has 1 heteroatoms. The van der Waals surface area contributed by atoms with Crippen LogP contribution in [0.1, 0.15) is 51.5 Å². The fourth-order valence-electron chi connectivity index (χ4n) is 2.69. The average molecular weight is 296 g/mol. The Morgan fingerprint density at radius 2 is 1.91 bits per heavy atom. The summed E-state index contributed by atoms with van der Waals surface area (Å²) in [6, 6.07) is 8.54. The highest BCUT2D eigenvalue weighted by atomic mass is 16.5. The fraction of sp³-hybridized carbons (Fsp3) is 0.429. The average Bonchev–Trinajstić information content (AvgIpc) is 2.55. The summed E-state index contributed by atoms with van der Waals surface area (Å²) in [5.74, 6) is 0.944. The van der Waals surface area contributed by atoms with Gasteiger partial charge in [0.15, 0.2) is 0 Å². The second kappa shape index (κ2) is 8.63. The molecule has 1 aliphatic rings. The Bertz CT molecular complexity index is 521. The maximum atomic E-state index is 6.33. The van der Waals surface area contributed by atoms with Gasteiger partial charge < -0.3 is 4.74 Å². The molecule has 0 bridgehead atoms. The standard InChI is InChI=1S/C21H28O/c1-3-5-6-8-16-21(17-9-7-10-18-21)22-20-14-12-19(11-4-2)13-15-20/h7-10,12-17H,3-6,11,18H2,1-2H3/b16-8+. The van der Waals surface area contributed by atoms with Crippen LogP contribution in [0.15, 0.2) is 60.7 Å². The van der Waals surface area contributed by atoms with Gasteiger partial charge in [0, 0.05) is 6.42 Å². The van der Waals surface area contributed by atoms with Crippen LogP contribution in [0.25, 0.3) is 0 Å². The van der Waals surface area contributed by atoms with E-state index in [1.54, 1.807) is 0 Å². The van der Waals surface area contributed by atoms with E-state index in [0.29, 0.717) is 0 Å². The SMILES string of the molecule is CCCC/C=C/C1(Oc2ccc(CCC)cc2)C=CC=CC1. The molecule has 0 radical (unpaired) electrons. The van der Waals surface area contributed by atoms with E-state index in [1.165, 1.54) is 24.8 Å². The highest BCUT2D eigenvalue weighted by Crippen LogP contribution is 2.28. The molecule has 0 aliphatic heterocycles. The Labute approximate surface area is 135 Å². The Morgan fingerprint density at radius 3 is 2.55 bits per heavy atom. The first kappa shape index (κ1) is 16.6. The van der Waals surface area contributed by atoms with Crippen LogP contribution in [0.4, 0.5) is 0 Å². The predicted molar refractivity (Wildman–Crippen MR) is 95.4 cm³/mol. The molecule has 0 amide bonds. The molecule has 0 heterocycles. The normalized spacial score (nSPS) is 20.6. The molecule has 1 aliphatic carbocycles. The third-order valence-electron chi connectivity index (χ3n) is 3.96. The Kier molecular flexibility index (Phi) is 6.51. The number of aryl methyl sites for hydroxylation is 1. The molecule has 0 spiro atoms. The van der Waals surface area contributed by atoms with E-state index in [0.717, 1.165) is 25.0 Å². The molecule has 22 heavy (non-hydrogen) atoms. The third-order valence-corrected chi connectivity index (χ3v) is 3.96. The van der Waals surface area contributed by atoms with Gasteiger partial charge in [0.1, 0.15) is 11.4 Å². The maximum absolute atomic E-state index is 6.33. The number of rotatable bonds is 8. The smallest absolute Gasteiger partial charge is 0.149 e. The molecule has 1 atom stereocenters. The van der Waals surface area contributed by atoms with E-state index in [-0.39, 0.29) is 5.60 Å². The quantitative estimate of drug-likeness (QED) is 0.421. The molecule has 0 saturated heterocycles. The van der Waals surface area contributed by atoms with Crippen molar-refractivity contribution in [1.82, 2.24) is 0 Å².